The number of carbonyl (C=O) groups is 2. The van der Waals surface area contributed by atoms with Gasteiger partial charge in [0.25, 0.3) is 11.9 Å². The first-order chi connectivity index (χ1) is 10.4. The SMILES string of the molecule is CC(C)(CNC(=O)c1ccc(Oc2ccccc2)o1)C(=O)O. The fraction of sp³-hybridized carbons (Fsp3) is 0.250. The summed E-state index contributed by atoms with van der Waals surface area (Å²) >= 11 is 0. The lowest BCUT2D eigenvalue weighted by Crippen LogP contribution is -2.38. The summed E-state index contributed by atoms with van der Waals surface area (Å²) in [5.41, 5.74) is -1.05. The predicted octanol–water partition coefficient (Wildman–Crippen LogP) is 2.91. The largest absolute Gasteiger partial charge is 0.481 e. The number of rotatable bonds is 6. The van der Waals surface area contributed by atoms with Crippen LogP contribution >= 0.6 is 0 Å². The van der Waals surface area contributed by atoms with Gasteiger partial charge in [-0.15, -0.1) is 0 Å². The number of carboxylic acid groups (broad SMARTS) is 1. The molecule has 1 aromatic carbocycles. The molecule has 0 saturated carbocycles. The van der Waals surface area contributed by atoms with Gasteiger partial charge >= 0.3 is 5.97 Å². The van der Waals surface area contributed by atoms with Crippen molar-refractivity contribution in [2.24, 2.45) is 5.41 Å². The Balaban J connectivity index is 1.96. The van der Waals surface area contributed by atoms with Crippen LogP contribution in [0, 0.1) is 5.41 Å². The second-order valence-electron chi connectivity index (χ2n) is 5.41. The van der Waals surface area contributed by atoms with E-state index in [1.54, 1.807) is 12.1 Å². The van der Waals surface area contributed by atoms with Crippen molar-refractivity contribution in [3.05, 3.63) is 48.2 Å². The lowest BCUT2D eigenvalue weighted by atomic mass is 9.94. The molecular weight excluding hydrogens is 286 g/mol. The van der Waals surface area contributed by atoms with Gasteiger partial charge in [-0.2, -0.15) is 0 Å². The van der Waals surface area contributed by atoms with E-state index in [4.69, 9.17) is 14.3 Å². The van der Waals surface area contributed by atoms with Crippen LogP contribution in [0.5, 0.6) is 11.7 Å². The van der Waals surface area contributed by atoms with Crippen LogP contribution in [0.1, 0.15) is 24.4 Å². The highest BCUT2D eigenvalue weighted by Crippen LogP contribution is 2.23. The average Bonchev–Trinajstić information content (AvgIpc) is 2.94. The first-order valence-corrected chi connectivity index (χ1v) is 6.73. The number of para-hydroxylation sites is 1. The zero-order valence-corrected chi connectivity index (χ0v) is 12.3. The fourth-order valence-electron chi connectivity index (χ4n) is 1.57. The third-order valence-electron chi connectivity index (χ3n) is 3.04. The van der Waals surface area contributed by atoms with Crippen LogP contribution in [-0.4, -0.2) is 23.5 Å². The van der Waals surface area contributed by atoms with Gasteiger partial charge in [-0.1, -0.05) is 18.2 Å². The summed E-state index contributed by atoms with van der Waals surface area (Å²) in [7, 11) is 0. The van der Waals surface area contributed by atoms with E-state index in [0.29, 0.717) is 5.75 Å². The minimum atomic E-state index is -1.05. The molecule has 6 heteroatoms. The Labute approximate surface area is 127 Å². The Hall–Kier alpha value is -2.76. The Morgan fingerprint density at radius 1 is 1.18 bits per heavy atom. The monoisotopic (exact) mass is 303 g/mol. The van der Waals surface area contributed by atoms with Crippen LogP contribution in [0.25, 0.3) is 0 Å². The Kier molecular flexibility index (Phi) is 4.50. The molecule has 0 aliphatic heterocycles. The zero-order valence-electron chi connectivity index (χ0n) is 12.3. The maximum atomic E-state index is 11.9. The number of benzene rings is 1. The van der Waals surface area contributed by atoms with Gasteiger partial charge in [-0.05, 0) is 32.0 Å². The van der Waals surface area contributed by atoms with Crippen molar-refractivity contribution in [2.75, 3.05) is 6.54 Å². The number of aliphatic carboxylic acids is 1. The molecule has 22 heavy (non-hydrogen) atoms. The molecule has 0 saturated heterocycles. The summed E-state index contributed by atoms with van der Waals surface area (Å²) in [6, 6.07) is 12.0. The van der Waals surface area contributed by atoms with Gasteiger partial charge in [-0.3, -0.25) is 9.59 Å². The van der Waals surface area contributed by atoms with Gasteiger partial charge in [0.1, 0.15) is 5.75 Å². The maximum absolute atomic E-state index is 11.9. The van der Waals surface area contributed by atoms with Gasteiger partial charge < -0.3 is 19.6 Å². The Bertz CT molecular complexity index is 660. The summed E-state index contributed by atoms with van der Waals surface area (Å²) in [6.45, 7) is 3.06. The standard InChI is InChI=1S/C16H17NO5/c1-16(2,15(19)20)10-17-14(18)12-8-9-13(22-12)21-11-6-4-3-5-7-11/h3-9H,10H2,1-2H3,(H,17,18)(H,19,20). The molecule has 6 nitrogen and oxygen atoms in total. The highest BCUT2D eigenvalue weighted by molar-refractivity contribution is 5.92. The number of carbonyl (C=O) groups excluding carboxylic acids is 1. The minimum absolute atomic E-state index is 0.00323. The van der Waals surface area contributed by atoms with Gasteiger partial charge in [0.15, 0.2) is 5.76 Å². The molecule has 0 radical (unpaired) electrons. The van der Waals surface area contributed by atoms with E-state index in [2.05, 4.69) is 5.32 Å². The molecule has 0 fully saturated rings. The molecule has 1 aromatic heterocycles. The number of hydrogen-bond acceptors (Lipinski definition) is 4. The summed E-state index contributed by atoms with van der Waals surface area (Å²) in [5, 5.41) is 11.5. The van der Waals surface area contributed by atoms with E-state index in [-0.39, 0.29) is 18.3 Å². The quantitative estimate of drug-likeness (QED) is 0.856. The molecule has 2 rings (SSSR count). The fourth-order valence-corrected chi connectivity index (χ4v) is 1.57. The maximum Gasteiger partial charge on any atom is 0.310 e. The van der Waals surface area contributed by atoms with Gasteiger partial charge in [-0.25, -0.2) is 0 Å². The Morgan fingerprint density at radius 2 is 1.86 bits per heavy atom. The molecule has 1 heterocycles. The zero-order chi connectivity index (χ0) is 16.2. The number of amides is 1. The van der Waals surface area contributed by atoms with E-state index in [9.17, 15) is 9.59 Å². The van der Waals surface area contributed by atoms with Crippen molar-refractivity contribution < 1.29 is 23.8 Å². The highest BCUT2D eigenvalue weighted by atomic mass is 16.6. The third-order valence-corrected chi connectivity index (χ3v) is 3.04. The smallest absolute Gasteiger partial charge is 0.310 e. The first kappa shape index (κ1) is 15.6. The Morgan fingerprint density at radius 3 is 2.50 bits per heavy atom. The van der Waals surface area contributed by atoms with Crippen LogP contribution in [-0.2, 0) is 4.79 Å². The van der Waals surface area contributed by atoms with Crippen molar-refractivity contribution in [3.63, 3.8) is 0 Å². The van der Waals surface area contributed by atoms with E-state index in [1.807, 2.05) is 18.2 Å². The van der Waals surface area contributed by atoms with Crippen LogP contribution in [0.4, 0.5) is 0 Å². The number of carboxylic acids is 1. The van der Waals surface area contributed by atoms with Crippen LogP contribution in [0.2, 0.25) is 0 Å². The van der Waals surface area contributed by atoms with Crippen molar-refractivity contribution >= 4 is 11.9 Å². The van der Waals surface area contributed by atoms with E-state index >= 15 is 0 Å². The van der Waals surface area contributed by atoms with Crippen molar-refractivity contribution in [1.29, 1.82) is 0 Å². The third kappa shape index (κ3) is 3.88. The molecule has 0 bridgehead atoms. The van der Waals surface area contributed by atoms with E-state index in [1.165, 1.54) is 26.0 Å². The molecule has 116 valence electrons. The lowest BCUT2D eigenvalue weighted by Gasteiger charge is -2.18. The second-order valence-corrected chi connectivity index (χ2v) is 5.41. The molecule has 0 aliphatic rings. The summed E-state index contributed by atoms with van der Waals surface area (Å²) < 4.78 is 10.7. The predicted molar refractivity (Wildman–Crippen MR) is 79.0 cm³/mol. The summed E-state index contributed by atoms with van der Waals surface area (Å²) in [6.07, 6.45) is 0. The highest BCUT2D eigenvalue weighted by Gasteiger charge is 2.28. The number of nitrogens with one attached hydrogen (secondary N) is 1. The second kappa shape index (κ2) is 6.34. The van der Waals surface area contributed by atoms with Gasteiger partial charge in [0, 0.05) is 12.6 Å². The number of furan rings is 1. The van der Waals surface area contributed by atoms with Gasteiger partial charge in [0.2, 0.25) is 0 Å². The molecule has 2 N–H and O–H groups in total. The molecule has 2 aromatic rings. The van der Waals surface area contributed by atoms with Crippen molar-refractivity contribution in [2.45, 2.75) is 13.8 Å². The molecule has 1 amide bonds. The first-order valence-electron chi connectivity index (χ1n) is 6.73. The molecule has 0 spiro atoms. The topological polar surface area (TPSA) is 88.8 Å². The van der Waals surface area contributed by atoms with E-state index < -0.39 is 17.3 Å². The average molecular weight is 303 g/mol. The normalized spacial score (nSPS) is 11.0. The molecule has 0 atom stereocenters. The lowest BCUT2D eigenvalue weighted by molar-refractivity contribution is -0.146. The summed E-state index contributed by atoms with van der Waals surface area (Å²) in [5.74, 6) is -0.630. The van der Waals surface area contributed by atoms with Crippen molar-refractivity contribution in [3.8, 4) is 11.7 Å². The minimum Gasteiger partial charge on any atom is -0.481 e. The number of ether oxygens (including phenoxy) is 1. The van der Waals surface area contributed by atoms with Gasteiger partial charge in [0.05, 0.1) is 5.41 Å². The molecular formula is C16H17NO5. The van der Waals surface area contributed by atoms with Crippen molar-refractivity contribution in [1.82, 2.24) is 5.32 Å². The van der Waals surface area contributed by atoms with Crippen LogP contribution in [0.3, 0.4) is 0 Å². The summed E-state index contributed by atoms with van der Waals surface area (Å²) in [4.78, 5) is 22.9. The molecule has 0 aliphatic carbocycles. The van der Waals surface area contributed by atoms with E-state index in [0.717, 1.165) is 0 Å². The van der Waals surface area contributed by atoms with Crippen LogP contribution < -0.4 is 10.1 Å². The number of hydrogen-bond donors (Lipinski definition) is 2. The van der Waals surface area contributed by atoms with Crippen LogP contribution in [0.15, 0.2) is 46.9 Å². The molecule has 0 unspecified atom stereocenters.